The summed E-state index contributed by atoms with van der Waals surface area (Å²) in [5.41, 5.74) is 1.04. The molecule has 1 unspecified atom stereocenters. The van der Waals surface area contributed by atoms with Crippen LogP contribution in [0.15, 0.2) is 28.7 Å². The zero-order valence-electron chi connectivity index (χ0n) is 6.34. The predicted octanol–water partition coefficient (Wildman–Crippen LogP) is 3.13. The molecule has 0 aromatic heterocycles. The summed E-state index contributed by atoms with van der Waals surface area (Å²) in [5, 5.41) is 0.674. The van der Waals surface area contributed by atoms with Crippen molar-refractivity contribution in [3.8, 4) is 0 Å². The third-order valence-corrected chi connectivity index (χ3v) is 2.80. The third-order valence-electron chi connectivity index (χ3n) is 1.61. The first-order chi connectivity index (χ1) is 5.77. The number of benzene rings is 1. The van der Waals surface area contributed by atoms with Crippen LogP contribution in [0, 0.1) is 0 Å². The Morgan fingerprint density at radius 3 is 2.75 bits per heavy atom. The third kappa shape index (κ3) is 2.42. The molecule has 0 heterocycles. The first-order valence-corrected chi connectivity index (χ1v) is 5.46. The van der Waals surface area contributed by atoms with E-state index in [1.54, 1.807) is 0 Å². The summed E-state index contributed by atoms with van der Waals surface area (Å²) in [6.07, 6.45) is 0.955. The summed E-state index contributed by atoms with van der Waals surface area (Å²) in [6.45, 7) is 0. The lowest BCUT2D eigenvalue weighted by Gasteiger charge is -2.05. The molecule has 0 radical (unpaired) electrons. The maximum Gasteiger partial charge on any atom is 0.128 e. The molecule has 0 spiro atoms. The molecule has 0 N–H and O–H groups in total. The smallest absolute Gasteiger partial charge is 0.128 e. The van der Waals surface area contributed by atoms with Crippen LogP contribution in [-0.4, -0.2) is 11.6 Å². The number of rotatable bonds is 3. The van der Waals surface area contributed by atoms with Crippen LogP contribution in [-0.2, 0) is 4.79 Å². The first kappa shape index (κ1) is 9.93. The molecular weight excluding hydrogens is 284 g/mol. The molecule has 0 saturated heterocycles. The zero-order chi connectivity index (χ0) is 8.97. The van der Waals surface area contributed by atoms with Gasteiger partial charge in [0.1, 0.15) is 6.29 Å². The van der Waals surface area contributed by atoms with E-state index in [-0.39, 0.29) is 5.92 Å². The van der Waals surface area contributed by atoms with Crippen LogP contribution in [0.5, 0.6) is 0 Å². The minimum absolute atomic E-state index is 0.0394. The molecule has 0 bridgehead atoms. The van der Waals surface area contributed by atoms with Gasteiger partial charge >= 0.3 is 0 Å². The molecule has 0 saturated carbocycles. The summed E-state index contributed by atoms with van der Waals surface area (Å²) < 4.78 is 1.01. The largest absolute Gasteiger partial charge is 0.303 e. The first-order valence-electron chi connectivity index (χ1n) is 3.54. The van der Waals surface area contributed by atoms with Crippen molar-refractivity contribution in [2.24, 2.45) is 0 Å². The Kier molecular flexibility index (Phi) is 3.95. The number of halogens is 2. The second-order valence-corrected chi connectivity index (χ2v) is 4.02. The Bertz CT molecular complexity index is 273. The Hall–Kier alpha value is -0.150. The van der Waals surface area contributed by atoms with Gasteiger partial charge in [-0.2, -0.15) is 0 Å². The fraction of sp³-hybridized carbons (Fsp3) is 0.222. The van der Waals surface area contributed by atoms with Crippen molar-refractivity contribution >= 4 is 38.1 Å². The van der Waals surface area contributed by atoms with Crippen molar-refractivity contribution in [3.05, 3.63) is 34.3 Å². The molecular formula is C9H8Br2O. The number of hydrogen-bond acceptors (Lipinski definition) is 1. The average Bonchev–Trinajstić information content (AvgIpc) is 2.07. The Morgan fingerprint density at radius 1 is 1.50 bits per heavy atom. The number of carbonyl (C=O) groups excluding carboxylic acids is 1. The molecule has 1 aromatic rings. The number of aldehydes is 1. The molecule has 0 aliphatic rings. The van der Waals surface area contributed by atoms with Gasteiger partial charge in [-0.05, 0) is 17.7 Å². The highest BCUT2D eigenvalue weighted by Gasteiger charge is 2.07. The minimum atomic E-state index is -0.0394. The SMILES string of the molecule is O=CC(CBr)c1cccc(Br)c1. The zero-order valence-corrected chi connectivity index (χ0v) is 9.51. The lowest BCUT2D eigenvalue weighted by molar-refractivity contribution is -0.108. The van der Waals surface area contributed by atoms with E-state index < -0.39 is 0 Å². The van der Waals surface area contributed by atoms with Crippen LogP contribution in [0.1, 0.15) is 11.5 Å². The van der Waals surface area contributed by atoms with E-state index in [1.807, 2.05) is 24.3 Å². The van der Waals surface area contributed by atoms with Gasteiger partial charge < -0.3 is 4.79 Å². The van der Waals surface area contributed by atoms with E-state index in [2.05, 4.69) is 31.9 Å². The van der Waals surface area contributed by atoms with Crippen molar-refractivity contribution in [2.75, 3.05) is 5.33 Å². The van der Waals surface area contributed by atoms with Crippen LogP contribution in [0.2, 0.25) is 0 Å². The highest BCUT2D eigenvalue weighted by molar-refractivity contribution is 9.10. The molecule has 64 valence electrons. The normalized spacial score (nSPS) is 12.5. The van der Waals surface area contributed by atoms with Gasteiger partial charge in [0.05, 0.1) is 0 Å². The van der Waals surface area contributed by atoms with Gasteiger partial charge in [-0.15, -0.1) is 0 Å². The molecule has 0 fully saturated rings. The van der Waals surface area contributed by atoms with Gasteiger partial charge in [0.15, 0.2) is 0 Å². The van der Waals surface area contributed by atoms with Gasteiger partial charge in [-0.25, -0.2) is 0 Å². The van der Waals surface area contributed by atoms with Gasteiger partial charge in [-0.3, -0.25) is 0 Å². The van der Waals surface area contributed by atoms with Gasteiger partial charge in [0.2, 0.25) is 0 Å². The van der Waals surface area contributed by atoms with Crippen LogP contribution in [0.4, 0.5) is 0 Å². The Labute approximate surface area is 88.4 Å². The molecule has 0 aliphatic carbocycles. The minimum Gasteiger partial charge on any atom is -0.303 e. The monoisotopic (exact) mass is 290 g/mol. The summed E-state index contributed by atoms with van der Waals surface area (Å²) in [6, 6.07) is 7.78. The van der Waals surface area contributed by atoms with Crippen LogP contribution in [0.3, 0.4) is 0 Å². The lowest BCUT2D eigenvalue weighted by Crippen LogP contribution is -2.00. The molecule has 12 heavy (non-hydrogen) atoms. The lowest BCUT2D eigenvalue weighted by atomic mass is 10.0. The second-order valence-electron chi connectivity index (χ2n) is 2.45. The molecule has 1 rings (SSSR count). The van der Waals surface area contributed by atoms with E-state index in [0.717, 1.165) is 16.3 Å². The summed E-state index contributed by atoms with van der Waals surface area (Å²) in [7, 11) is 0. The maximum absolute atomic E-state index is 10.6. The van der Waals surface area contributed by atoms with E-state index in [9.17, 15) is 4.79 Å². The van der Waals surface area contributed by atoms with Crippen molar-refractivity contribution in [1.82, 2.24) is 0 Å². The van der Waals surface area contributed by atoms with Crippen molar-refractivity contribution < 1.29 is 4.79 Å². The van der Waals surface area contributed by atoms with E-state index >= 15 is 0 Å². The number of carbonyl (C=O) groups is 1. The topological polar surface area (TPSA) is 17.1 Å². The highest BCUT2D eigenvalue weighted by Crippen LogP contribution is 2.19. The summed E-state index contributed by atoms with van der Waals surface area (Å²) >= 11 is 6.65. The number of hydrogen-bond donors (Lipinski definition) is 0. The van der Waals surface area contributed by atoms with E-state index in [0.29, 0.717) is 5.33 Å². The maximum atomic E-state index is 10.6. The highest BCUT2D eigenvalue weighted by atomic mass is 79.9. The fourth-order valence-electron chi connectivity index (χ4n) is 0.941. The number of alkyl halides is 1. The van der Waals surface area contributed by atoms with Crippen LogP contribution >= 0.6 is 31.9 Å². The van der Waals surface area contributed by atoms with Gasteiger partial charge in [0.25, 0.3) is 0 Å². The quantitative estimate of drug-likeness (QED) is 0.618. The van der Waals surface area contributed by atoms with E-state index in [1.165, 1.54) is 0 Å². The van der Waals surface area contributed by atoms with Gasteiger partial charge in [-0.1, -0.05) is 44.0 Å². The van der Waals surface area contributed by atoms with Crippen LogP contribution < -0.4 is 0 Å². The summed E-state index contributed by atoms with van der Waals surface area (Å²) in [4.78, 5) is 10.6. The molecule has 1 atom stereocenters. The average molecular weight is 292 g/mol. The molecule has 0 amide bonds. The molecule has 1 nitrogen and oxygen atoms in total. The Morgan fingerprint density at radius 2 is 2.25 bits per heavy atom. The Balaban J connectivity index is 2.93. The predicted molar refractivity (Wildman–Crippen MR) is 56.7 cm³/mol. The van der Waals surface area contributed by atoms with Gasteiger partial charge in [0, 0.05) is 15.7 Å². The molecule has 3 heteroatoms. The second kappa shape index (κ2) is 4.77. The van der Waals surface area contributed by atoms with E-state index in [4.69, 9.17) is 0 Å². The molecule has 0 aliphatic heterocycles. The standard InChI is InChI=1S/C9H8Br2O/c10-5-8(6-12)7-2-1-3-9(11)4-7/h1-4,6,8H,5H2. The van der Waals surface area contributed by atoms with Crippen molar-refractivity contribution in [2.45, 2.75) is 5.92 Å². The van der Waals surface area contributed by atoms with Crippen LogP contribution in [0.25, 0.3) is 0 Å². The van der Waals surface area contributed by atoms with Crippen molar-refractivity contribution in [3.63, 3.8) is 0 Å². The fourth-order valence-corrected chi connectivity index (χ4v) is 1.88. The van der Waals surface area contributed by atoms with Crippen molar-refractivity contribution in [1.29, 1.82) is 0 Å². The summed E-state index contributed by atoms with van der Waals surface area (Å²) in [5.74, 6) is -0.0394. The molecule has 1 aromatic carbocycles.